The van der Waals surface area contributed by atoms with Crippen molar-refractivity contribution in [3.63, 3.8) is 0 Å². The molecule has 1 rings (SSSR count). The summed E-state index contributed by atoms with van der Waals surface area (Å²) in [5, 5.41) is 0. The van der Waals surface area contributed by atoms with Crippen molar-refractivity contribution in [1.82, 2.24) is 0 Å². The van der Waals surface area contributed by atoms with Gasteiger partial charge in [0.25, 0.3) is 0 Å². The van der Waals surface area contributed by atoms with Crippen molar-refractivity contribution >= 4 is 0 Å². The van der Waals surface area contributed by atoms with Crippen LogP contribution in [0.25, 0.3) is 0 Å². The van der Waals surface area contributed by atoms with E-state index in [1.165, 1.54) is 17.5 Å². The maximum absolute atomic E-state index is 6.03. The Bertz CT molecular complexity index is 360. The van der Waals surface area contributed by atoms with Crippen LogP contribution in [-0.2, 0) is 6.42 Å². The van der Waals surface area contributed by atoms with Crippen LogP contribution in [0.4, 0.5) is 0 Å². The lowest BCUT2D eigenvalue weighted by Crippen LogP contribution is -2.13. The van der Waals surface area contributed by atoms with Gasteiger partial charge in [0.15, 0.2) is 0 Å². The fraction of sp³-hybridized carbons (Fsp3) is 0.625. The van der Waals surface area contributed by atoms with Crippen LogP contribution in [0.2, 0.25) is 0 Å². The summed E-state index contributed by atoms with van der Waals surface area (Å²) in [6, 6.07) is 6.29. The molecule has 0 aromatic heterocycles. The van der Waals surface area contributed by atoms with Gasteiger partial charge in [-0.3, -0.25) is 0 Å². The Morgan fingerprint density at radius 3 is 2.56 bits per heavy atom. The van der Waals surface area contributed by atoms with Crippen LogP contribution in [-0.4, -0.2) is 13.2 Å². The van der Waals surface area contributed by atoms with Gasteiger partial charge in [-0.2, -0.15) is 0 Å². The van der Waals surface area contributed by atoms with Crippen molar-refractivity contribution < 1.29 is 4.74 Å². The van der Waals surface area contributed by atoms with Gasteiger partial charge >= 0.3 is 0 Å². The van der Waals surface area contributed by atoms with E-state index in [4.69, 9.17) is 10.5 Å². The van der Waals surface area contributed by atoms with Crippen LogP contribution in [0.1, 0.15) is 38.3 Å². The Labute approximate surface area is 112 Å². The monoisotopic (exact) mass is 249 g/mol. The third-order valence-corrected chi connectivity index (χ3v) is 3.09. The van der Waals surface area contributed by atoms with Gasteiger partial charge in [0, 0.05) is 0 Å². The first-order valence-corrected chi connectivity index (χ1v) is 6.96. The van der Waals surface area contributed by atoms with Gasteiger partial charge < -0.3 is 10.5 Å². The SMILES string of the molecule is Cc1cccc(CCN)c1OCC(C)CC(C)C. The summed E-state index contributed by atoms with van der Waals surface area (Å²) in [6.07, 6.45) is 2.09. The smallest absolute Gasteiger partial charge is 0.125 e. The minimum Gasteiger partial charge on any atom is -0.493 e. The first-order chi connectivity index (χ1) is 8.54. The fourth-order valence-electron chi connectivity index (χ4n) is 2.37. The molecular formula is C16H27NO. The number of nitrogens with two attached hydrogens (primary N) is 1. The minimum absolute atomic E-state index is 0.593. The van der Waals surface area contributed by atoms with E-state index >= 15 is 0 Å². The molecule has 0 amide bonds. The number of benzene rings is 1. The fourth-order valence-corrected chi connectivity index (χ4v) is 2.37. The highest BCUT2D eigenvalue weighted by Crippen LogP contribution is 2.25. The molecule has 0 saturated carbocycles. The van der Waals surface area contributed by atoms with Gasteiger partial charge in [0.2, 0.25) is 0 Å². The van der Waals surface area contributed by atoms with Gasteiger partial charge in [-0.15, -0.1) is 0 Å². The second kappa shape index (κ2) is 7.42. The van der Waals surface area contributed by atoms with E-state index in [1.807, 2.05) is 0 Å². The third kappa shape index (κ3) is 4.69. The normalized spacial score (nSPS) is 12.8. The summed E-state index contributed by atoms with van der Waals surface area (Å²) in [5.41, 5.74) is 8.08. The Hall–Kier alpha value is -1.02. The van der Waals surface area contributed by atoms with E-state index in [9.17, 15) is 0 Å². The molecule has 1 atom stereocenters. The van der Waals surface area contributed by atoms with Crippen LogP contribution in [0.15, 0.2) is 18.2 Å². The molecule has 1 aromatic carbocycles. The van der Waals surface area contributed by atoms with E-state index in [2.05, 4.69) is 45.9 Å². The highest BCUT2D eigenvalue weighted by atomic mass is 16.5. The lowest BCUT2D eigenvalue weighted by atomic mass is 10.00. The molecule has 0 spiro atoms. The summed E-state index contributed by atoms with van der Waals surface area (Å²) < 4.78 is 6.03. The maximum Gasteiger partial charge on any atom is 0.125 e. The number of hydrogen-bond acceptors (Lipinski definition) is 2. The average Bonchev–Trinajstić information content (AvgIpc) is 2.27. The van der Waals surface area contributed by atoms with Crippen molar-refractivity contribution in [3.05, 3.63) is 29.3 Å². The molecule has 0 aliphatic rings. The second-order valence-corrected chi connectivity index (χ2v) is 5.65. The topological polar surface area (TPSA) is 35.2 Å². The van der Waals surface area contributed by atoms with Gasteiger partial charge in [-0.25, -0.2) is 0 Å². The van der Waals surface area contributed by atoms with Crippen molar-refractivity contribution in [2.75, 3.05) is 13.2 Å². The number of rotatable bonds is 7. The van der Waals surface area contributed by atoms with Gasteiger partial charge in [0.1, 0.15) is 5.75 Å². The zero-order valence-electron chi connectivity index (χ0n) is 12.2. The van der Waals surface area contributed by atoms with Crippen molar-refractivity contribution in [2.24, 2.45) is 17.6 Å². The molecule has 0 heterocycles. The first kappa shape index (κ1) is 15.0. The molecule has 102 valence electrons. The minimum atomic E-state index is 0.593. The van der Waals surface area contributed by atoms with Crippen molar-refractivity contribution in [1.29, 1.82) is 0 Å². The number of hydrogen-bond donors (Lipinski definition) is 1. The lowest BCUT2D eigenvalue weighted by molar-refractivity contribution is 0.236. The number of para-hydroxylation sites is 1. The molecule has 2 nitrogen and oxygen atoms in total. The van der Waals surface area contributed by atoms with Crippen molar-refractivity contribution in [2.45, 2.75) is 40.5 Å². The van der Waals surface area contributed by atoms with Crippen LogP contribution < -0.4 is 10.5 Å². The van der Waals surface area contributed by atoms with Gasteiger partial charge in [0.05, 0.1) is 6.61 Å². The lowest BCUT2D eigenvalue weighted by Gasteiger charge is -2.18. The standard InChI is InChI=1S/C16H27NO/c1-12(2)10-13(3)11-18-16-14(4)6-5-7-15(16)8-9-17/h5-7,12-13H,8-11,17H2,1-4H3. The summed E-state index contributed by atoms with van der Waals surface area (Å²) in [4.78, 5) is 0. The highest BCUT2D eigenvalue weighted by Gasteiger charge is 2.10. The van der Waals surface area contributed by atoms with E-state index in [1.54, 1.807) is 0 Å². The van der Waals surface area contributed by atoms with Crippen molar-refractivity contribution in [3.8, 4) is 5.75 Å². The molecule has 0 aliphatic carbocycles. The summed E-state index contributed by atoms with van der Waals surface area (Å²) in [7, 11) is 0. The zero-order chi connectivity index (χ0) is 13.5. The maximum atomic E-state index is 6.03. The molecule has 2 heteroatoms. The summed E-state index contributed by atoms with van der Waals surface area (Å²) in [5.74, 6) is 2.36. The average molecular weight is 249 g/mol. The first-order valence-electron chi connectivity index (χ1n) is 6.96. The largest absolute Gasteiger partial charge is 0.493 e. The van der Waals surface area contributed by atoms with Gasteiger partial charge in [-0.1, -0.05) is 39.0 Å². The molecule has 1 aromatic rings. The van der Waals surface area contributed by atoms with Gasteiger partial charge in [-0.05, 0) is 49.3 Å². The van der Waals surface area contributed by atoms with Crippen LogP contribution in [0, 0.1) is 18.8 Å². The molecule has 0 saturated heterocycles. The molecule has 0 fully saturated rings. The third-order valence-electron chi connectivity index (χ3n) is 3.09. The van der Waals surface area contributed by atoms with Crippen LogP contribution in [0.5, 0.6) is 5.75 Å². The molecule has 0 aliphatic heterocycles. The van der Waals surface area contributed by atoms with Crippen LogP contribution >= 0.6 is 0 Å². The molecule has 1 unspecified atom stereocenters. The molecular weight excluding hydrogens is 222 g/mol. The van der Waals surface area contributed by atoms with E-state index in [0.29, 0.717) is 12.5 Å². The Morgan fingerprint density at radius 1 is 1.22 bits per heavy atom. The summed E-state index contributed by atoms with van der Waals surface area (Å²) in [6.45, 7) is 10.3. The second-order valence-electron chi connectivity index (χ2n) is 5.65. The van der Waals surface area contributed by atoms with E-state index in [-0.39, 0.29) is 0 Å². The quantitative estimate of drug-likeness (QED) is 0.802. The number of aryl methyl sites for hydroxylation is 1. The Morgan fingerprint density at radius 2 is 1.94 bits per heavy atom. The molecule has 0 radical (unpaired) electrons. The predicted octanol–water partition coefficient (Wildman–Crippen LogP) is 3.56. The predicted molar refractivity (Wildman–Crippen MR) is 78.1 cm³/mol. The Balaban J connectivity index is 2.65. The molecule has 18 heavy (non-hydrogen) atoms. The number of ether oxygens (including phenoxy) is 1. The van der Waals surface area contributed by atoms with E-state index in [0.717, 1.165) is 24.7 Å². The highest BCUT2D eigenvalue weighted by molar-refractivity contribution is 5.40. The van der Waals surface area contributed by atoms with Crippen LogP contribution in [0.3, 0.4) is 0 Å². The van der Waals surface area contributed by atoms with E-state index < -0.39 is 0 Å². The zero-order valence-corrected chi connectivity index (χ0v) is 12.2. The Kier molecular flexibility index (Phi) is 6.20. The molecule has 0 bridgehead atoms. The summed E-state index contributed by atoms with van der Waals surface area (Å²) >= 11 is 0. The molecule has 2 N–H and O–H groups in total.